The third-order valence-electron chi connectivity index (χ3n) is 5.36. The fraction of sp³-hybridized carbons (Fsp3) is 0.148. The van der Waals surface area contributed by atoms with Crippen LogP contribution in [-0.4, -0.2) is 23.5 Å². The molecule has 5 nitrogen and oxygen atoms in total. The molecule has 1 N–H and O–H groups in total. The Labute approximate surface area is 199 Å². The van der Waals surface area contributed by atoms with Crippen molar-refractivity contribution in [1.82, 2.24) is 4.98 Å². The number of pyridine rings is 1. The highest BCUT2D eigenvalue weighted by molar-refractivity contribution is 6.08. The lowest BCUT2D eigenvalue weighted by molar-refractivity contribution is -0.136. The summed E-state index contributed by atoms with van der Waals surface area (Å²) in [6, 6.07) is 18.8. The smallest absolute Gasteiger partial charge is 0.418 e. The molecule has 0 aliphatic carbocycles. The molecule has 0 saturated carbocycles. The second-order valence-corrected chi connectivity index (χ2v) is 7.88. The number of halogens is 3. The van der Waals surface area contributed by atoms with Gasteiger partial charge < -0.3 is 10.1 Å². The van der Waals surface area contributed by atoms with Gasteiger partial charge in [-0.2, -0.15) is 13.2 Å². The second-order valence-electron chi connectivity index (χ2n) is 7.88. The van der Waals surface area contributed by atoms with Gasteiger partial charge in [-0.25, -0.2) is 9.78 Å². The van der Waals surface area contributed by atoms with Crippen LogP contribution in [0.25, 0.3) is 22.2 Å². The van der Waals surface area contributed by atoms with E-state index in [1.54, 1.807) is 80.6 Å². The molecule has 1 heterocycles. The maximum absolute atomic E-state index is 13.6. The van der Waals surface area contributed by atoms with Crippen molar-refractivity contribution >= 4 is 28.5 Å². The molecule has 4 aromatic rings. The number of ether oxygens (including phenoxy) is 1. The summed E-state index contributed by atoms with van der Waals surface area (Å²) in [5.74, 6) is -0.996. The summed E-state index contributed by atoms with van der Waals surface area (Å²) >= 11 is 0. The second kappa shape index (κ2) is 9.58. The van der Waals surface area contributed by atoms with Gasteiger partial charge in [-0.3, -0.25) is 4.79 Å². The van der Waals surface area contributed by atoms with Crippen LogP contribution in [-0.2, 0) is 10.9 Å². The maximum atomic E-state index is 13.6. The van der Waals surface area contributed by atoms with E-state index in [1.807, 2.05) is 0 Å². The fourth-order valence-electron chi connectivity index (χ4n) is 3.73. The van der Waals surface area contributed by atoms with E-state index >= 15 is 0 Å². The lowest BCUT2D eigenvalue weighted by Gasteiger charge is -2.13. The Morgan fingerprint density at radius 2 is 1.69 bits per heavy atom. The third-order valence-corrected chi connectivity index (χ3v) is 5.36. The van der Waals surface area contributed by atoms with E-state index in [0.717, 1.165) is 6.07 Å². The van der Waals surface area contributed by atoms with Crippen molar-refractivity contribution in [3.63, 3.8) is 0 Å². The van der Waals surface area contributed by atoms with E-state index in [9.17, 15) is 22.8 Å². The van der Waals surface area contributed by atoms with Gasteiger partial charge in [0.05, 0.1) is 34.6 Å². The molecule has 35 heavy (non-hydrogen) atoms. The molecule has 3 aromatic carbocycles. The van der Waals surface area contributed by atoms with Crippen molar-refractivity contribution in [3.8, 4) is 11.3 Å². The van der Waals surface area contributed by atoms with Crippen LogP contribution >= 0.6 is 0 Å². The zero-order valence-electron chi connectivity index (χ0n) is 18.9. The fourth-order valence-corrected chi connectivity index (χ4v) is 3.73. The van der Waals surface area contributed by atoms with E-state index in [2.05, 4.69) is 10.3 Å². The lowest BCUT2D eigenvalue weighted by atomic mass is 10.0. The number of aryl methyl sites for hydroxylation is 1. The molecule has 8 heteroatoms. The van der Waals surface area contributed by atoms with Crippen molar-refractivity contribution in [2.75, 3.05) is 11.9 Å². The van der Waals surface area contributed by atoms with Gasteiger partial charge in [0, 0.05) is 16.5 Å². The molecule has 0 unspecified atom stereocenters. The molecule has 0 aliphatic heterocycles. The molecule has 0 saturated heterocycles. The zero-order valence-corrected chi connectivity index (χ0v) is 18.9. The highest BCUT2D eigenvalue weighted by atomic mass is 19.4. The van der Waals surface area contributed by atoms with E-state index in [-0.39, 0.29) is 17.7 Å². The number of carbonyl (C=O) groups is 2. The van der Waals surface area contributed by atoms with Gasteiger partial charge >= 0.3 is 12.1 Å². The summed E-state index contributed by atoms with van der Waals surface area (Å²) in [5, 5.41) is 3.10. The van der Waals surface area contributed by atoms with Crippen LogP contribution in [0.3, 0.4) is 0 Å². The normalized spacial score (nSPS) is 11.3. The number of nitrogens with zero attached hydrogens (tertiary/aromatic N) is 1. The summed E-state index contributed by atoms with van der Waals surface area (Å²) in [6.07, 6.45) is -4.53. The number of alkyl halides is 3. The van der Waals surface area contributed by atoms with Crippen LogP contribution < -0.4 is 5.32 Å². The van der Waals surface area contributed by atoms with E-state index < -0.39 is 23.6 Å². The van der Waals surface area contributed by atoms with Gasteiger partial charge in [-0.15, -0.1) is 0 Å². The monoisotopic (exact) mass is 478 g/mol. The van der Waals surface area contributed by atoms with Gasteiger partial charge in [0.25, 0.3) is 5.91 Å². The highest BCUT2D eigenvalue weighted by Crippen LogP contribution is 2.36. The predicted octanol–water partition coefficient (Wildman–Crippen LogP) is 6.66. The van der Waals surface area contributed by atoms with E-state index in [4.69, 9.17) is 4.74 Å². The topological polar surface area (TPSA) is 68.3 Å². The molecule has 0 radical (unpaired) electrons. The number of nitrogens with one attached hydrogen (secondary N) is 1. The molecule has 0 aliphatic rings. The van der Waals surface area contributed by atoms with Gasteiger partial charge in [0.1, 0.15) is 0 Å². The maximum Gasteiger partial charge on any atom is 0.418 e. The first-order valence-corrected chi connectivity index (χ1v) is 10.8. The van der Waals surface area contributed by atoms with Crippen LogP contribution in [0.1, 0.15) is 38.8 Å². The molecular weight excluding hydrogens is 457 g/mol. The summed E-state index contributed by atoms with van der Waals surface area (Å²) < 4.78 is 45.7. The highest BCUT2D eigenvalue weighted by Gasteiger charge is 2.33. The molecule has 0 spiro atoms. The van der Waals surface area contributed by atoms with E-state index in [1.165, 1.54) is 0 Å². The van der Waals surface area contributed by atoms with E-state index in [0.29, 0.717) is 33.5 Å². The minimum atomic E-state index is -4.53. The van der Waals surface area contributed by atoms with Crippen LogP contribution in [0.2, 0.25) is 0 Å². The van der Waals surface area contributed by atoms with Crippen LogP contribution in [0.15, 0.2) is 72.8 Å². The van der Waals surface area contributed by atoms with Gasteiger partial charge in [-0.1, -0.05) is 30.3 Å². The number of fused-ring (bicyclic) bond motifs is 1. The molecule has 0 atom stereocenters. The lowest BCUT2D eigenvalue weighted by Crippen LogP contribution is -2.15. The summed E-state index contributed by atoms with van der Waals surface area (Å²) in [5.41, 5.74) is 1.35. The Balaban J connectivity index is 1.61. The van der Waals surface area contributed by atoms with Gasteiger partial charge in [0.2, 0.25) is 0 Å². The molecule has 4 rings (SSSR count). The van der Waals surface area contributed by atoms with Crippen molar-refractivity contribution in [2.24, 2.45) is 0 Å². The molecule has 1 amide bonds. The molecular formula is C27H21F3N2O3. The molecule has 0 fully saturated rings. The number of carbonyl (C=O) groups excluding carboxylic acids is 2. The number of amides is 1. The average molecular weight is 478 g/mol. The zero-order chi connectivity index (χ0) is 25.2. The summed E-state index contributed by atoms with van der Waals surface area (Å²) in [7, 11) is 0. The number of rotatable bonds is 5. The Hall–Kier alpha value is -4.20. The van der Waals surface area contributed by atoms with Crippen LogP contribution in [0, 0.1) is 6.92 Å². The quantitative estimate of drug-likeness (QED) is 0.326. The number of para-hydroxylation sites is 1. The summed E-state index contributed by atoms with van der Waals surface area (Å²) in [6.45, 7) is 3.50. The Kier molecular flexibility index (Phi) is 6.55. The molecule has 0 bridgehead atoms. The first kappa shape index (κ1) is 23.9. The van der Waals surface area contributed by atoms with Crippen molar-refractivity contribution in [2.45, 2.75) is 20.0 Å². The van der Waals surface area contributed by atoms with Gasteiger partial charge in [-0.05, 0) is 61.9 Å². The Morgan fingerprint density at radius 3 is 2.37 bits per heavy atom. The minimum absolute atomic E-state index is 0.127. The molecule has 1 aromatic heterocycles. The third kappa shape index (κ3) is 5.16. The Bertz CT molecular complexity index is 1410. The van der Waals surface area contributed by atoms with Crippen molar-refractivity contribution < 1.29 is 27.5 Å². The minimum Gasteiger partial charge on any atom is -0.462 e. The van der Waals surface area contributed by atoms with Crippen molar-refractivity contribution in [1.29, 1.82) is 0 Å². The number of anilines is 1. The Morgan fingerprint density at radius 1 is 0.971 bits per heavy atom. The summed E-state index contributed by atoms with van der Waals surface area (Å²) in [4.78, 5) is 29.2. The number of esters is 1. The first-order chi connectivity index (χ1) is 16.7. The van der Waals surface area contributed by atoms with Crippen molar-refractivity contribution in [3.05, 3.63) is 95.1 Å². The number of hydrogen-bond donors (Lipinski definition) is 1. The SMILES string of the molecule is CCOC(=O)c1ccccc1NC(=O)c1ccc(-c2ccc3cc(C)cc(C(F)(F)F)c3n2)cc1. The standard InChI is InChI=1S/C27H21F3N2O3/c1-3-35-26(34)20-6-4-5-7-23(20)32-25(33)18-10-8-17(9-11-18)22-13-12-19-14-16(2)15-21(24(19)31-22)27(28,29)30/h4-15H,3H2,1-2H3,(H,32,33). The number of aromatic nitrogens is 1. The average Bonchev–Trinajstić information content (AvgIpc) is 2.83. The number of benzene rings is 3. The molecule has 178 valence electrons. The van der Waals surface area contributed by atoms with Crippen LogP contribution in [0.5, 0.6) is 0 Å². The predicted molar refractivity (Wildman–Crippen MR) is 127 cm³/mol. The first-order valence-electron chi connectivity index (χ1n) is 10.8. The van der Waals surface area contributed by atoms with Crippen LogP contribution in [0.4, 0.5) is 18.9 Å². The van der Waals surface area contributed by atoms with Gasteiger partial charge in [0.15, 0.2) is 0 Å². The number of hydrogen-bond acceptors (Lipinski definition) is 4. The largest absolute Gasteiger partial charge is 0.462 e.